The van der Waals surface area contributed by atoms with E-state index in [9.17, 15) is 9.59 Å². The smallest absolute Gasteiger partial charge is 0.238 e. The number of anilines is 1. The molecule has 0 bridgehead atoms. The van der Waals surface area contributed by atoms with Gasteiger partial charge in [0.1, 0.15) is 4.33 Å². The van der Waals surface area contributed by atoms with Crippen molar-refractivity contribution in [2.75, 3.05) is 38.0 Å². The Balaban J connectivity index is 1.47. The first kappa shape index (κ1) is 18.8. The van der Waals surface area contributed by atoms with Gasteiger partial charge in [-0.25, -0.2) is 0 Å². The van der Waals surface area contributed by atoms with E-state index in [0.717, 1.165) is 0 Å². The molecule has 2 aliphatic rings. The molecule has 1 atom stereocenters. The zero-order valence-corrected chi connectivity index (χ0v) is 16.2. The molecule has 136 valence electrons. The summed E-state index contributed by atoms with van der Waals surface area (Å²) in [5, 5.41) is 3.32. The number of hydrogen-bond donors (Lipinski definition) is 1. The van der Waals surface area contributed by atoms with E-state index in [2.05, 4.69) is 5.32 Å². The van der Waals surface area contributed by atoms with Gasteiger partial charge in [-0.05, 0) is 25.5 Å². The van der Waals surface area contributed by atoms with Crippen LogP contribution in [0.4, 0.5) is 5.69 Å². The number of piperazine rings is 1. The van der Waals surface area contributed by atoms with Crippen molar-refractivity contribution >= 4 is 52.3 Å². The second kappa shape index (κ2) is 6.95. The quantitative estimate of drug-likeness (QED) is 0.785. The third kappa shape index (κ3) is 3.90. The first-order valence-corrected chi connectivity index (χ1v) is 9.30. The average Bonchev–Trinajstić information content (AvgIpc) is 3.09. The highest BCUT2D eigenvalue weighted by Gasteiger charge is 2.68. The van der Waals surface area contributed by atoms with E-state index in [1.165, 1.54) is 0 Å². The second-order valence-corrected chi connectivity index (χ2v) is 8.70. The SMILES string of the molecule is CC1(C(=O)N2CCN(CC(=O)Nc3ccccc3Cl)CC2)CC1(Cl)Cl. The van der Waals surface area contributed by atoms with Crippen LogP contribution in [0.15, 0.2) is 24.3 Å². The summed E-state index contributed by atoms with van der Waals surface area (Å²) in [6.07, 6.45) is 0.488. The minimum atomic E-state index is -0.948. The molecule has 2 fully saturated rings. The fourth-order valence-corrected chi connectivity index (χ4v) is 3.92. The number of hydrogen-bond acceptors (Lipinski definition) is 3. The van der Waals surface area contributed by atoms with Crippen molar-refractivity contribution in [2.24, 2.45) is 5.41 Å². The third-order valence-electron chi connectivity index (χ3n) is 4.90. The molecule has 1 aromatic carbocycles. The zero-order chi connectivity index (χ0) is 18.2. The van der Waals surface area contributed by atoms with Crippen LogP contribution >= 0.6 is 34.8 Å². The summed E-state index contributed by atoms with van der Waals surface area (Å²) < 4.78 is -0.948. The minimum absolute atomic E-state index is 0.00216. The normalized spacial score (nSPS) is 25.5. The van der Waals surface area contributed by atoms with Crippen molar-refractivity contribution in [3.05, 3.63) is 29.3 Å². The summed E-state index contributed by atoms with van der Waals surface area (Å²) in [4.78, 5) is 28.5. The molecule has 1 saturated heterocycles. The molecule has 8 heteroatoms. The van der Waals surface area contributed by atoms with Gasteiger partial charge in [0.15, 0.2) is 0 Å². The molecule has 3 rings (SSSR count). The van der Waals surface area contributed by atoms with Gasteiger partial charge >= 0.3 is 0 Å². The van der Waals surface area contributed by atoms with E-state index < -0.39 is 9.75 Å². The van der Waals surface area contributed by atoms with Crippen molar-refractivity contribution in [1.82, 2.24) is 9.80 Å². The first-order chi connectivity index (χ1) is 11.7. The number of amides is 2. The van der Waals surface area contributed by atoms with E-state index in [1.54, 1.807) is 24.0 Å². The van der Waals surface area contributed by atoms with Crippen molar-refractivity contribution in [3.63, 3.8) is 0 Å². The van der Waals surface area contributed by atoms with Gasteiger partial charge in [0.05, 0.1) is 22.7 Å². The fourth-order valence-electron chi connectivity index (χ4n) is 3.05. The number of carbonyl (C=O) groups is 2. The Morgan fingerprint density at radius 2 is 1.76 bits per heavy atom. The molecular weight excluding hydrogens is 385 g/mol. The van der Waals surface area contributed by atoms with E-state index >= 15 is 0 Å². The summed E-state index contributed by atoms with van der Waals surface area (Å²) >= 11 is 18.2. The molecule has 2 amide bonds. The number of rotatable bonds is 4. The maximum Gasteiger partial charge on any atom is 0.238 e. The van der Waals surface area contributed by atoms with Crippen LogP contribution in [0.25, 0.3) is 0 Å². The highest BCUT2D eigenvalue weighted by molar-refractivity contribution is 6.53. The first-order valence-electron chi connectivity index (χ1n) is 8.17. The lowest BCUT2D eigenvalue weighted by Crippen LogP contribution is -2.52. The molecule has 1 heterocycles. The molecule has 1 unspecified atom stereocenters. The van der Waals surface area contributed by atoms with E-state index in [-0.39, 0.29) is 18.4 Å². The van der Waals surface area contributed by atoms with Crippen LogP contribution in [0.5, 0.6) is 0 Å². The molecule has 0 spiro atoms. The molecule has 1 saturated carbocycles. The molecule has 1 N–H and O–H groups in total. The van der Waals surface area contributed by atoms with Gasteiger partial charge in [-0.3, -0.25) is 14.5 Å². The number of benzene rings is 1. The predicted molar refractivity (Wildman–Crippen MR) is 100 cm³/mol. The largest absolute Gasteiger partial charge is 0.340 e. The molecule has 5 nitrogen and oxygen atoms in total. The van der Waals surface area contributed by atoms with E-state index in [4.69, 9.17) is 34.8 Å². The van der Waals surface area contributed by atoms with Crippen molar-refractivity contribution < 1.29 is 9.59 Å². The van der Waals surface area contributed by atoms with Crippen molar-refractivity contribution in [2.45, 2.75) is 17.7 Å². The predicted octanol–water partition coefficient (Wildman–Crippen LogP) is 3.01. The van der Waals surface area contributed by atoms with E-state index in [0.29, 0.717) is 43.3 Å². The topological polar surface area (TPSA) is 52.7 Å². The van der Waals surface area contributed by atoms with Crippen LogP contribution in [0.3, 0.4) is 0 Å². The van der Waals surface area contributed by atoms with Gasteiger partial charge in [0.2, 0.25) is 11.8 Å². The molecule has 1 aliphatic heterocycles. The van der Waals surface area contributed by atoms with Crippen LogP contribution < -0.4 is 5.32 Å². The number of halogens is 3. The minimum Gasteiger partial charge on any atom is -0.340 e. The maximum atomic E-state index is 12.5. The summed E-state index contributed by atoms with van der Waals surface area (Å²) in [6, 6.07) is 7.12. The highest BCUT2D eigenvalue weighted by atomic mass is 35.5. The number of alkyl halides is 2. The fraction of sp³-hybridized carbons (Fsp3) is 0.529. The van der Waals surface area contributed by atoms with Crippen LogP contribution in [0.2, 0.25) is 5.02 Å². The van der Waals surface area contributed by atoms with Crippen LogP contribution in [0.1, 0.15) is 13.3 Å². The summed E-state index contributed by atoms with van der Waals surface area (Å²) in [7, 11) is 0. The number of carbonyl (C=O) groups excluding carboxylic acids is 2. The Labute approximate surface area is 162 Å². The Morgan fingerprint density at radius 3 is 2.32 bits per heavy atom. The Kier molecular flexibility index (Phi) is 5.22. The lowest BCUT2D eigenvalue weighted by Gasteiger charge is -2.36. The van der Waals surface area contributed by atoms with Crippen LogP contribution in [-0.2, 0) is 9.59 Å². The Hall–Kier alpha value is -1.01. The summed E-state index contributed by atoms with van der Waals surface area (Å²) in [5.41, 5.74) is -0.0788. The molecular formula is C17H20Cl3N3O2. The maximum absolute atomic E-state index is 12.5. The third-order valence-corrected chi connectivity index (χ3v) is 6.34. The number of nitrogens with zero attached hydrogens (tertiary/aromatic N) is 2. The standard InChI is InChI=1S/C17H20Cl3N3O2/c1-16(11-17(16,19)20)15(25)23-8-6-22(7-9-23)10-14(24)21-13-5-3-2-4-12(13)18/h2-5H,6-11H2,1H3,(H,21,24). The molecule has 1 aromatic rings. The summed E-state index contributed by atoms with van der Waals surface area (Å²) in [6.45, 7) is 4.47. The van der Waals surface area contributed by atoms with Crippen LogP contribution in [-0.4, -0.2) is 58.7 Å². The van der Waals surface area contributed by atoms with Gasteiger partial charge in [0.25, 0.3) is 0 Å². The Bertz CT molecular complexity index is 689. The second-order valence-electron chi connectivity index (χ2n) is 6.81. The zero-order valence-electron chi connectivity index (χ0n) is 13.9. The summed E-state index contributed by atoms with van der Waals surface area (Å²) in [5.74, 6) is -0.125. The lowest BCUT2D eigenvalue weighted by molar-refractivity contribution is -0.138. The number of nitrogens with one attached hydrogen (secondary N) is 1. The average molecular weight is 405 g/mol. The van der Waals surface area contributed by atoms with Crippen molar-refractivity contribution in [3.8, 4) is 0 Å². The lowest BCUT2D eigenvalue weighted by atomic mass is 10.1. The number of para-hydroxylation sites is 1. The van der Waals surface area contributed by atoms with Gasteiger partial charge in [-0.1, -0.05) is 23.7 Å². The monoisotopic (exact) mass is 403 g/mol. The van der Waals surface area contributed by atoms with Gasteiger partial charge in [0, 0.05) is 26.2 Å². The van der Waals surface area contributed by atoms with Gasteiger partial charge in [-0.15, -0.1) is 23.2 Å². The molecule has 1 aliphatic carbocycles. The van der Waals surface area contributed by atoms with E-state index in [1.807, 2.05) is 17.0 Å². The molecule has 25 heavy (non-hydrogen) atoms. The van der Waals surface area contributed by atoms with Crippen LogP contribution in [0, 0.1) is 5.41 Å². The molecule has 0 radical (unpaired) electrons. The van der Waals surface area contributed by atoms with Crippen molar-refractivity contribution in [1.29, 1.82) is 0 Å². The van der Waals surface area contributed by atoms with Gasteiger partial charge < -0.3 is 10.2 Å². The highest BCUT2D eigenvalue weighted by Crippen LogP contribution is 2.64. The molecule has 0 aromatic heterocycles. The van der Waals surface area contributed by atoms with Gasteiger partial charge in [-0.2, -0.15) is 0 Å². The Morgan fingerprint density at radius 1 is 1.16 bits per heavy atom.